The molecule has 1 aromatic rings. The number of benzene rings is 1. The van der Waals surface area contributed by atoms with E-state index in [1.54, 1.807) is 13.0 Å². The van der Waals surface area contributed by atoms with Crippen molar-refractivity contribution in [3.8, 4) is 5.75 Å². The Morgan fingerprint density at radius 1 is 1.59 bits per heavy atom. The summed E-state index contributed by atoms with van der Waals surface area (Å²) >= 11 is 0. The number of ketones is 1. The molecule has 0 fully saturated rings. The largest absolute Gasteiger partial charge is 0.489 e. The summed E-state index contributed by atoms with van der Waals surface area (Å²) in [7, 11) is 1.96. The molecular formula is C13H17NO3. The molecule has 1 N–H and O–H groups in total. The minimum Gasteiger partial charge on any atom is -0.489 e. The van der Waals surface area contributed by atoms with Crippen LogP contribution in [-0.4, -0.2) is 37.2 Å². The number of aliphatic hydroxyl groups excluding tert-OH is 1. The molecule has 0 aromatic heterocycles. The van der Waals surface area contributed by atoms with Crippen molar-refractivity contribution in [3.63, 3.8) is 0 Å². The quantitative estimate of drug-likeness (QED) is 0.806. The minimum atomic E-state index is 0.0467. The van der Waals surface area contributed by atoms with Crippen LogP contribution in [0.4, 0.5) is 5.69 Å². The Kier molecular flexibility index (Phi) is 3.33. The van der Waals surface area contributed by atoms with Gasteiger partial charge in [0, 0.05) is 19.2 Å². The summed E-state index contributed by atoms with van der Waals surface area (Å²) in [6, 6.07) is 5.62. The molecule has 4 nitrogen and oxygen atoms in total. The lowest BCUT2D eigenvalue weighted by atomic mass is 10.1. The van der Waals surface area contributed by atoms with Crippen molar-refractivity contribution in [1.29, 1.82) is 0 Å². The SMILES string of the molecule is CC(=O)c1ccc2c(c1)N(C)C(CCO)CO2. The van der Waals surface area contributed by atoms with Gasteiger partial charge >= 0.3 is 0 Å². The van der Waals surface area contributed by atoms with E-state index in [1.165, 1.54) is 0 Å². The van der Waals surface area contributed by atoms with Gasteiger partial charge in [-0.25, -0.2) is 0 Å². The Bertz CT molecular complexity index is 431. The Hall–Kier alpha value is -1.55. The standard InChI is InChI=1S/C13H17NO3/c1-9(16)10-3-4-13-12(7-10)14(2)11(5-6-15)8-17-13/h3-4,7,11,15H,5-6,8H2,1-2H3. The number of hydrogen-bond acceptors (Lipinski definition) is 4. The van der Waals surface area contributed by atoms with Crippen molar-refractivity contribution in [2.45, 2.75) is 19.4 Å². The summed E-state index contributed by atoms with van der Waals surface area (Å²) in [6.45, 7) is 2.26. The monoisotopic (exact) mass is 235 g/mol. The maximum atomic E-state index is 11.3. The second-order valence-electron chi connectivity index (χ2n) is 4.33. The van der Waals surface area contributed by atoms with E-state index in [-0.39, 0.29) is 18.4 Å². The Balaban J connectivity index is 2.32. The normalized spacial score (nSPS) is 18.5. The Morgan fingerprint density at radius 3 is 3.00 bits per heavy atom. The molecular weight excluding hydrogens is 218 g/mol. The maximum Gasteiger partial charge on any atom is 0.159 e. The van der Waals surface area contributed by atoms with Crippen molar-refractivity contribution in [2.75, 3.05) is 25.2 Å². The van der Waals surface area contributed by atoms with Crippen LogP contribution in [0.1, 0.15) is 23.7 Å². The first-order valence-corrected chi connectivity index (χ1v) is 5.75. The lowest BCUT2D eigenvalue weighted by Gasteiger charge is -2.35. The van der Waals surface area contributed by atoms with E-state index >= 15 is 0 Å². The van der Waals surface area contributed by atoms with E-state index in [0.29, 0.717) is 18.6 Å². The number of hydrogen-bond donors (Lipinski definition) is 1. The predicted molar refractivity (Wildman–Crippen MR) is 65.8 cm³/mol. The topological polar surface area (TPSA) is 49.8 Å². The highest BCUT2D eigenvalue weighted by Crippen LogP contribution is 2.34. The van der Waals surface area contributed by atoms with Gasteiger partial charge in [0.1, 0.15) is 12.4 Å². The first-order chi connectivity index (χ1) is 8.13. The van der Waals surface area contributed by atoms with Gasteiger partial charge in [0.15, 0.2) is 5.78 Å². The summed E-state index contributed by atoms with van der Waals surface area (Å²) in [5.74, 6) is 0.845. The van der Waals surface area contributed by atoms with Gasteiger partial charge in [-0.1, -0.05) is 0 Å². The number of nitrogens with zero attached hydrogens (tertiary/aromatic N) is 1. The second-order valence-corrected chi connectivity index (χ2v) is 4.33. The van der Waals surface area contributed by atoms with Crippen LogP contribution in [0.2, 0.25) is 0 Å². The number of fused-ring (bicyclic) bond motifs is 1. The van der Waals surface area contributed by atoms with Crippen molar-refractivity contribution in [3.05, 3.63) is 23.8 Å². The van der Waals surface area contributed by atoms with Crippen LogP contribution in [0.25, 0.3) is 0 Å². The number of Topliss-reactive ketones (excluding diaryl/α,β-unsaturated/α-hetero) is 1. The van der Waals surface area contributed by atoms with Gasteiger partial charge in [0.25, 0.3) is 0 Å². The summed E-state index contributed by atoms with van der Waals surface area (Å²) in [4.78, 5) is 13.4. The lowest BCUT2D eigenvalue weighted by molar-refractivity contribution is 0.101. The third-order valence-electron chi connectivity index (χ3n) is 3.19. The van der Waals surface area contributed by atoms with Gasteiger partial charge in [-0.05, 0) is 31.5 Å². The Labute approximate surface area is 101 Å². The molecule has 0 radical (unpaired) electrons. The van der Waals surface area contributed by atoms with Gasteiger partial charge in [-0.3, -0.25) is 4.79 Å². The molecule has 0 aliphatic carbocycles. The van der Waals surface area contributed by atoms with E-state index in [9.17, 15) is 4.79 Å². The number of likely N-dealkylation sites (N-methyl/N-ethyl adjacent to an activating group) is 1. The molecule has 1 aliphatic heterocycles. The van der Waals surface area contributed by atoms with Gasteiger partial charge in [0.05, 0.1) is 11.7 Å². The number of carbonyl (C=O) groups is 1. The van der Waals surface area contributed by atoms with Gasteiger partial charge in [-0.15, -0.1) is 0 Å². The predicted octanol–water partition coefficient (Wildman–Crippen LogP) is 1.47. The second kappa shape index (κ2) is 4.75. The molecule has 0 spiro atoms. The maximum absolute atomic E-state index is 11.3. The average Bonchev–Trinajstić information content (AvgIpc) is 2.32. The molecule has 1 aliphatic rings. The molecule has 0 amide bonds. The molecule has 0 saturated heterocycles. The molecule has 1 atom stereocenters. The van der Waals surface area contributed by atoms with Gasteiger partial charge in [0.2, 0.25) is 0 Å². The fourth-order valence-corrected chi connectivity index (χ4v) is 2.05. The van der Waals surface area contributed by atoms with Gasteiger partial charge < -0.3 is 14.7 Å². The molecule has 1 heterocycles. The van der Waals surface area contributed by atoms with Crippen LogP contribution in [0.15, 0.2) is 18.2 Å². The highest BCUT2D eigenvalue weighted by atomic mass is 16.5. The number of anilines is 1. The van der Waals surface area contributed by atoms with E-state index in [4.69, 9.17) is 9.84 Å². The summed E-state index contributed by atoms with van der Waals surface area (Å²) in [6.07, 6.45) is 0.667. The summed E-state index contributed by atoms with van der Waals surface area (Å²) in [5, 5.41) is 8.99. The van der Waals surface area contributed by atoms with Crippen LogP contribution in [-0.2, 0) is 0 Å². The zero-order chi connectivity index (χ0) is 12.4. The lowest BCUT2D eigenvalue weighted by Crippen LogP contribution is -2.41. The first-order valence-electron chi connectivity index (χ1n) is 5.75. The molecule has 0 bridgehead atoms. The molecule has 4 heteroatoms. The number of aliphatic hydroxyl groups is 1. The van der Waals surface area contributed by atoms with Crippen LogP contribution in [0.3, 0.4) is 0 Å². The summed E-state index contributed by atoms with van der Waals surface area (Å²) < 4.78 is 5.63. The fourth-order valence-electron chi connectivity index (χ4n) is 2.05. The zero-order valence-electron chi connectivity index (χ0n) is 10.1. The number of rotatable bonds is 3. The highest BCUT2D eigenvalue weighted by molar-refractivity contribution is 5.95. The smallest absolute Gasteiger partial charge is 0.159 e. The molecule has 1 unspecified atom stereocenters. The van der Waals surface area contributed by atoms with E-state index in [1.807, 2.05) is 19.2 Å². The first kappa shape index (κ1) is 11.9. The van der Waals surface area contributed by atoms with Crippen molar-refractivity contribution < 1.29 is 14.6 Å². The third-order valence-corrected chi connectivity index (χ3v) is 3.19. The van der Waals surface area contributed by atoms with Crippen LogP contribution >= 0.6 is 0 Å². The third kappa shape index (κ3) is 2.26. The van der Waals surface area contributed by atoms with Crippen molar-refractivity contribution in [2.24, 2.45) is 0 Å². The molecule has 1 aromatic carbocycles. The van der Waals surface area contributed by atoms with E-state index in [0.717, 1.165) is 11.4 Å². The van der Waals surface area contributed by atoms with Crippen LogP contribution < -0.4 is 9.64 Å². The number of ether oxygens (including phenoxy) is 1. The summed E-state index contributed by atoms with van der Waals surface area (Å²) in [5.41, 5.74) is 1.60. The van der Waals surface area contributed by atoms with Crippen LogP contribution in [0.5, 0.6) is 5.75 Å². The van der Waals surface area contributed by atoms with Crippen molar-refractivity contribution >= 4 is 11.5 Å². The fraction of sp³-hybridized carbons (Fsp3) is 0.462. The molecule has 17 heavy (non-hydrogen) atoms. The zero-order valence-corrected chi connectivity index (χ0v) is 10.1. The number of carbonyl (C=O) groups excluding carboxylic acids is 1. The molecule has 92 valence electrons. The highest BCUT2D eigenvalue weighted by Gasteiger charge is 2.24. The van der Waals surface area contributed by atoms with Crippen molar-refractivity contribution in [1.82, 2.24) is 0 Å². The molecule has 0 saturated carbocycles. The Morgan fingerprint density at radius 2 is 2.35 bits per heavy atom. The average molecular weight is 235 g/mol. The molecule has 2 rings (SSSR count). The van der Waals surface area contributed by atoms with E-state index < -0.39 is 0 Å². The minimum absolute atomic E-state index is 0.0467. The van der Waals surface area contributed by atoms with E-state index in [2.05, 4.69) is 4.90 Å². The van der Waals surface area contributed by atoms with Gasteiger partial charge in [-0.2, -0.15) is 0 Å². The van der Waals surface area contributed by atoms with Crippen LogP contribution in [0, 0.1) is 0 Å².